The zero-order valence-electron chi connectivity index (χ0n) is 18.1. The van der Waals surface area contributed by atoms with E-state index in [9.17, 15) is 14.4 Å². The summed E-state index contributed by atoms with van der Waals surface area (Å²) in [6, 6.07) is 9.57. The van der Waals surface area contributed by atoms with Crippen LogP contribution in [0.15, 0.2) is 36.4 Å². The average molecular weight is 563 g/mol. The second-order valence-corrected chi connectivity index (χ2v) is 11.3. The van der Waals surface area contributed by atoms with Crippen molar-refractivity contribution in [2.75, 3.05) is 18.4 Å². The van der Waals surface area contributed by atoms with Crippen molar-refractivity contribution in [3.63, 3.8) is 0 Å². The van der Waals surface area contributed by atoms with Crippen molar-refractivity contribution < 1.29 is 14.4 Å². The van der Waals surface area contributed by atoms with E-state index in [0.717, 1.165) is 0 Å². The van der Waals surface area contributed by atoms with Gasteiger partial charge in [-0.2, -0.15) is 0 Å². The Balaban J connectivity index is 1.47. The van der Waals surface area contributed by atoms with Crippen LogP contribution in [0.3, 0.4) is 0 Å². The van der Waals surface area contributed by atoms with E-state index in [2.05, 4.69) is 5.32 Å². The first-order chi connectivity index (χ1) is 16.0. The van der Waals surface area contributed by atoms with Crippen molar-refractivity contribution in [1.29, 1.82) is 0 Å². The van der Waals surface area contributed by atoms with Gasteiger partial charge in [0.25, 0.3) is 0 Å². The summed E-state index contributed by atoms with van der Waals surface area (Å²) in [7, 11) is 0. The average Bonchev–Trinajstić information content (AvgIpc) is 3.18. The van der Waals surface area contributed by atoms with Gasteiger partial charge in [0.05, 0.1) is 10.9 Å². The number of carbonyl (C=O) groups excluding carboxylic acids is 3. The second-order valence-electron chi connectivity index (χ2n) is 8.55. The second kappa shape index (κ2) is 9.87. The number of hydrogen-bond acceptors (Lipinski definition) is 3. The Kier molecular flexibility index (Phi) is 7.42. The van der Waals surface area contributed by atoms with Gasteiger partial charge >= 0.3 is 0 Å². The maximum absolute atomic E-state index is 13.0. The van der Waals surface area contributed by atoms with Gasteiger partial charge < -0.3 is 10.2 Å². The number of Topliss-reactive ketones (excluding diaryl/α,β-unsaturated/α-hetero) is 1. The molecule has 2 aromatic rings. The molecule has 0 bridgehead atoms. The first kappa shape index (κ1) is 25.6. The molecule has 1 N–H and O–H groups in total. The molecule has 0 spiro atoms. The standard InChI is InChI=1S/C24H21Cl5N2O3/c1-2-31-6-5-12(23(31)34)9-19(32)17-11-16(3-4-18(17)27)30-22(33)21-20(24(21,28)29)13-7-14(25)10-15(26)8-13/h3-4,7-8,10-12,20-21H,2,5-6,9H2,1H3,(H,30,33). The zero-order chi connectivity index (χ0) is 24.8. The number of hydrogen-bond donors (Lipinski definition) is 1. The summed E-state index contributed by atoms with van der Waals surface area (Å²) < 4.78 is -1.32. The maximum atomic E-state index is 13.0. The van der Waals surface area contributed by atoms with Crippen LogP contribution in [0.1, 0.15) is 41.6 Å². The lowest BCUT2D eigenvalue weighted by Crippen LogP contribution is -2.27. The quantitative estimate of drug-likeness (QED) is 0.305. The summed E-state index contributed by atoms with van der Waals surface area (Å²) in [6.07, 6.45) is 0.704. The molecule has 2 amide bonds. The Hall–Kier alpha value is -1.50. The van der Waals surface area contributed by atoms with Gasteiger partial charge in [-0.1, -0.05) is 34.8 Å². The van der Waals surface area contributed by atoms with Crippen molar-refractivity contribution >= 4 is 81.3 Å². The van der Waals surface area contributed by atoms with Crippen molar-refractivity contribution in [2.45, 2.75) is 30.0 Å². The lowest BCUT2D eigenvalue weighted by Gasteiger charge is -2.14. The van der Waals surface area contributed by atoms with Gasteiger partial charge in [0, 0.05) is 52.6 Å². The molecule has 1 aliphatic heterocycles. The zero-order valence-corrected chi connectivity index (χ0v) is 21.9. The third-order valence-corrected chi connectivity index (χ3v) is 8.04. The molecule has 2 aliphatic rings. The van der Waals surface area contributed by atoms with Gasteiger partial charge in [-0.05, 0) is 55.3 Å². The minimum Gasteiger partial charge on any atom is -0.343 e. The SMILES string of the molecule is CCN1CCC(CC(=O)c2cc(NC(=O)C3C(c4cc(Cl)cc(Cl)c4)C3(Cl)Cl)ccc2Cl)C1=O. The topological polar surface area (TPSA) is 66.5 Å². The van der Waals surface area contributed by atoms with Gasteiger partial charge in [0.2, 0.25) is 11.8 Å². The van der Waals surface area contributed by atoms with E-state index in [0.29, 0.717) is 40.8 Å². The predicted molar refractivity (Wildman–Crippen MR) is 137 cm³/mol. The summed E-state index contributed by atoms with van der Waals surface area (Å²) in [6.45, 7) is 3.18. The Morgan fingerprint density at radius 1 is 1.09 bits per heavy atom. The molecule has 2 fully saturated rings. The molecular formula is C24H21Cl5N2O3. The van der Waals surface area contributed by atoms with Gasteiger partial charge in [-0.25, -0.2) is 0 Å². The highest BCUT2D eigenvalue weighted by molar-refractivity contribution is 6.53. The Labute approximate surface area is 222 Å². The van der Waals surface area contributed by atoms with Crippen molar-refractivity contribution in [1.82, 2.24) is 4.90 Å². The molecule has 1 saturated carbocycles. The Bertz CT molecular complexity index is 1150. The van der Waals surface area contributed by atoms with E-state index >= 15 is 0 Å². The fourth-order valence-corrected chi connectivity index (χ4v) is 6.09. The fourth-order valence-electron chi connectivity index (χ4n) is 4.50. The summed E-state index contributed by atoms with van der Waals surface area (Å²) >= 11 is 31.3. The minimum atomic E-state index is -1.32. The molecule has 1 saturated heterocycles. The molecule has 4 rings (SSSR count). The van der Waals surface area contributed by atoms with E-state index in [4.69, 9.17) is 58.0 Å². The highest BCUT2D eigenvalue weighted by Gasteiger charge is 2.67. The first-order valence-corrected chi connectivity index (χ1v) is 12.7. The molecule has 5 nitrogen and oxygen atoms in total. The molecule has 1 heterocycles. The molecule has 2 aromatic carbocycles. The number of likely N-dealkylation sites (tertiary alicyclic amines) is 1. The third kappa shape index (κ3) is 5.05. The van der Waals surface area contributed by atoms with Crippen LogP contribution < -0.4 is 5.32 Å². The fraction of sp³-hybridized carbons (Fsp3) is 0.375. The predicted octanol–water partition coefficient (Wildman–Crippen LogP) is 6.61. The van der Waals surface area contributed by atoms with Gasteiger partial charge in [-0.15, -0.1) is 23.2 Å². The van der Waals surface area contributed by atoms with Crippen molar-refractivity contribution in [2.24, 2.45) is 11.8 Å². The number of rotatable bonds is 7. The van der Waals surface area contributed by atoms with Crippen molar-refractivity contribution in [3.8, 4) is 0 Å². The van der Waals surface area contributed by atoms with Gasteiger partial charge in [-0.3, -0.25) is 14.4 Å². The molecular weight excluding hydrogens is 542 g/mol. The molecule has 10 heteroatoms. The molecule has 34 heavy (non-hydrogen) atoms. The number of alkyl halides is 2. The third-order valence-electron chi connectivity index (χ3n) is 6.34. The van der Waals surface area contributed by atoms with E-state index < -0.39 is 22.1 Å². The van der Waals surface area contributed by atoms with Crippen LogP contribution in [0.4, 0.5) is 5.69 Å². The van der Waals surface area contributed by atoms with Crippen LogP contribution in [0, 0.1) is 11.8 Å². The summed E-state index contributed by atoms with van der Waals surface area (Å²) in [5, 5.41) is 3.86. The van der Waals surface area contributed by atoms with E-state index in [1.807, 2.05) is 6.92 Å². The highest BCUT2D eigenvalue weighted by atomic mass is 35.5. The smallest absolute Gasteiger partial charge is 0.231 e. The molecule has 0 aromatic heterocycles. The number of halogens is 5. The number of ketones is 1. The van der Waals surface area contributed by atoms with Crippen LogP contribution in [-0.4, -0.2) is 39.9 Å². The molecule has 3 atom stereocenters. The lowest BCUT2D eigenvalue weighted by atomic mass is 9.96. The number of carbonyl (C=O) groups is 3. The van der Waals surface area contributed by atoms with Crippen LogP contribution in [0.25, 0.3) is 0 Å². The number of benzene rings is 2. The van der Waals surface area contributed by atoms with Crippen molar-refractivity contribution in [3.05, 3.63) is 62.6 Å². The normalized spacial score (nSPS) is 23.2. The molecule has 1 aliphatic carbocycles. The molecule has 3 unspecified atom stereocenters. The Morgan fingerprint density at radius 3 is 2.38 bits per heavy atom. The van der Waals surface area contributed by atoms with Crippen LogP contribution in [0.5, 0.6) is 0 Å². The summed E-state index contributed by atoms with van der Waals surface area (Å²) in [4.78, 5) is 40.0. The number of nitrogens with zero attached hydrogens (tertiary/aromatic N) is 1. The highest BCUT2D eigenvalue weighted by Crippen LogP contribution is 2.65. The van der Waals surface area contributed by atoms with E-state index in [1.165, 1.54) is 12.1 Å². The van der Waals surface area contributed by atoms with E-state index in [-0.39, 0.29) is 34.6 Å². The van der Waals surface area contributed by atoms with Crippen LogP contribution in [-0.2, 0) is 9.59 Å². The largest absolute Gasteiger partial charge is 0.343 e. The first-order valence-electron chi connectivity index (χ1n) is 10.8. The monoisotopic (exact) mass is 560 g/mol. The number of anilines is 1. The summed E-state index contributed by atoms with van der Waals surface area (Å²) in [5.74, 6) is -2.26. The minimum absolute atomic E-state index is 0.0158. The molecule has 0 radical (unpaired) electrons. The summed E-state index contributed by atoms with van der Waals surface area (Å²) in [5.41, 5.74) is 1.29. The van der Waals surface area contributed by atoms with Crippen LogP contribution in [0.2, 0.25) is 15.1 Å². The number of nitrogens with one attached hydrogen (secondary N) is 1. The van der Waals surface area contributed by atoms with Gasteiger partial charge in [0.15, 0.2) is 5.78 Å². The Morgan fingerprint density at radius 2 is 1.76 bits per heavy atom. The lowest BCUT2D eigenvalue weighted by molar-refractivity contribution is -0.130. The molecule has 180 valence electrons. The van der Waals surface area contributed by atoms with Crippen LogP contribution >= 0.6 is 58.0 Å². The van der Waals surface area contributed by atoms with E-state index in [1.54, 1.807) is 29.2 Å². The number of amides is 2. The maximum Gasteiger partial charge on any atom is 0.231 e. The van der Waals surface area contributed by atoms with Gasteiger partial charge in [0.1, 0.15) is 4.33 Å².